The molecule has 0 atom stereocenters. The second-order valence-electron chi connectivity index (χ2n) is 3.28. The Kier molecular flexibility index (Phi) is 1.96. The maximum Gasteiger partial charge on any atom is 0.325 e. The van der Waals surface area contributed by atoms with Crippen molar-refractivity contribution in [1.29, 1.82) is 0 Å². The SMILES string of the molecule is Cc1ccc2cn(CC(=O)O)nc2c1. The van der Waals surface area contributed by atoms with Crippen molar-refractivity contribution in [3.8, 4) is 0 Å². The van der Waals surface area contributed by atoms with Gasteiger partial charge in [0.1, 0.15) is 6.54 Å². The predicted molar refractivity (Wildman–Crippen MR) is 52.1 cm³/mol. The lowest BCUT2D eigenvalue weighted by atomic mass is 10.2. The zero-order valence-electron chi connectivity index (χ0n) is 7.77. The molecule has 1 N–H and O–H groups in total. The Morgan fingerprint density at radius 1 is 1.57 bits per heavy atom. The van der Waals surface area contributed by atoms with Crippen molar-refractivity contribution in [2.24, 2.45) is 0 Å². The number of hydrogen-bond acceptors (Lipinski definition) is 2. The van der Waals surface area contributed by atoms with E-state index < -0.39 is 5.97 Å². The van der Waals surface area contributed by atoms with Crippen LogP contribution in [0.5, 0.6) is 0 Å². The second-order valence-corrected chi connectivity index (χ2v) is 3.28. The van der Waals surface area contributed by atoms with Crippen molar-refractivity contribution in [2.75, 3.05) is 0 Å². The number of benzene rings is 1. The topological polar surface area (TPSA) is 55.1 Å². The average Bonchev–Trinajstić information content (AvgIpc) is 2.44. The van der Waals surface area contributed by atoms with Crippen molar-refractivity contribution in [1.82, 2.24) is 9.78 Å². The van der Waals surface area contributed by atoms with Crippen LogP contribution in [0.2, 0.25) is 0 Å². The van der Waals surface area contributed by atoms with E-state index in [1.807, 2.05) is 25.1 Å². The monoisotopic (exact) mass is 190 g/mol. The summed E-state index contributed by atoms with van der Waals surface area (Å²) in [5, 5.41) is 13.7. The van der Waals surface area contributed by atoms with Gasteiger partial charge >= 0.3 is 5.97 Å². The molecule has 2 rings (SSSR count). The average molecular weight is 190 g/mol. The van der Waals surface area contributed by atoms with Crippen molar-refractivity contribution in [3.05, 3.63) is 30.0 Å². The van der Waals surface area contributed by atoms with Gasteiger partial charge in [-0.25, -0.2) is 0 Å². The normalized spacial score (nSPS) is 10.6. The fourth-order valence-electron chi connectivity index (χ4n) is 1.40. The Morgan fingerprint density at radius 2 is 2.36 bits per heavy atom. The first-order chi connectivity index (χ1) is 6.65. The first-order valence-corrected chi connectivity index (χ1v) is 4.31. The van der Waals surface area contributed by atoms with Gasteiger partial charge in [-0.2, -0.15) is 5.10 Å². The number of aromatic nitrogens is 2. The predicted octanol–water partition coefficient (Wildman–Crippen LogP) is 1.43. The number of carboxylic acids is 1. The zero-order valence-corrected chi connectivity index (χ0v) is 7.77. The summed E-state index contributed by atoms with van der Waals surface area (Å²) < 4.78 is 1.44. The van der Waals surface area contributed by atoms with Gasteiger partial charge < -0.3 is 5.11 Å². The number of carboxylic acid groups (broad SMARTS) is 1. The molecule has 0 saturated carbocycles. The summed E-state index contributed by atoms with van der Waals surface area (Å²) in [6, 6.07) is 5.86. The summed E-state index contributed by atoms with van der Waals surface area (Å²) in [6.07, 6.45) is 1.74. The standard InChI is InChI=1S/C10H10N2O2/c1-7-2-3-8-5-12(6-10(13)14)11-9(8)4-7/h2-5H,6H2,1H3,(H,13,14). The molecule has 0 aliphatic rings. The van der Waals surface area contributed by atoms with E-state index in [1.165, 1.54) is 4.68 Å². The molecule has 0 saturated heterocycles. The molecule has 4 heteroatoms. The van der Waals surface area contributed by atoms with Crippen molar-refractivity contribution < 1.29 is 9.90 Å². The number of carbonyl (C=O) groups is 1. The van der Waals surface area contributed by atoms with Crippen LogP contribution in [0, 0.1) is 6.92 Å². The van der Waals surface area contributed by atoms with Gasteiger partial charge in [-0.15, -0.1) is 0 Å². The number of rotatable bonds is 2. The Hall–Kier alpha value is -1.84. The van der Waals surface area contributed by atoms with Gasteiger partial charge in [-0.1, -0.05) is 12.1 Å². The van der Waals surface area contributed by atoms with Crippen LogP contribution in [0.1, 0.15) is 5.56 Å². The largest absolute Gasteiger partial charge is 0.480 e. The Morgan fingerprint density at radius 3 is 3.07 bits per heavy atom. The number of aryl methyl sites for hydroxylation is 1. The molecule has 14 heavy (non-hydrogen) atoms. The number of hydrogen-bond donors (Lipinski definition) is 1. The zero-order chi connectivity index (χ0) is 10.1. The van der Waals surface area contributed by atoms with Crippen LogP contribution in [0.25, 0.3) is 10.9 Å². The highest BCUT2D eigenvalue weighted by Gasteiger charge is 2.03. The first kappa shape index (κ1) is 8.74. The van der Waals surface area contributed by atoms with E-state index in [9.17, 15) is 4.79 Å². The lowest BCUT2D eigenvalue weighted by Crippen LogP contribution is -2.08. The Balaban J connectivity index is 2.46. The van der Waals surface area contributed by atoms with Crippen LogP contribution in [0.15, 0.2) is 24.4 Å². The molecule has 2 aromatic rings. The number of aliphatic carboxylic acids is 1. The van der Waals surface area contributed by atoms with Crippen LogP contribution in [-0.2, 0) is 11.3 Å². The minimum atomic E-state index is -0.880. The summed E-state index contributed by atoms with van der Waals surface area (Å²) >= 11 is 0. The van der Waals surface area contributed by atoms with Crippen LogP contribution in [0.4, 0.5) is 0 Å². The van der Waals surface area contributed by atoms with Gasteiger partial charge in [0, 0.05) is 11.6 Å². The molecule has 0 spiro atoms. The van der Waals surface area contributed by atoms with Gasteiger partial charge in [-0.05, 0) is 18.6 Å². The third kappa shape index (κ3) is 1.59. The molecule has 0 unspecified atom stereocenters. The Bertz CT molecular complexity index is 488. The lowest BCUT2D eigenvalue weighted by molar-refractivity contribution is -0.137. The quantitative estimate of drug-likeness (QED) is 0.779. The molecule has 0 bridgehead atoms. The minimum Gasteiger partial charge on any atom is -0.480 e. The van der Waals surface area contributed by atoms with E-state index in [2.05, 4.69) is 5.10 Å². The highest BCUT2D eigenvalue weighted by molar-refractivity contribution is 5.79. The highest BCUT2D eigenvalue weighted by Crippen LogP contribution is 2.13. The summed E-state index contributed by atoms with van der Waals surface area (Å²) in [4.78, 5) is 10.5. The number of nitrogens with zero attached hydrogens (tertiary/aromatic N) is 2. The highest BCUT2D eigenvalue weighted by atomic mass is 16.4. The molecule has 1 aromatic carbocycles. The maximum atomic E-state index is 10.5. The molecule has 4 nitrogen and oxygen atoms in total. The molecule has 0 radical (unpaired) electrons. The van der Waals surface area contributed by atoms with E-state index >= 15 is 0 Å². The maximum absolute atomic E-state index is 10.5. The third-order valence-corrected chi connectivity index (χ3v) is 2.01. The minimum absolute atomic E-state index is 0.0896. The van der Waals surface area contributed by atoms with E-state index in [-0.39, 0.29) is 6.54 Å². The van der Waals surface area contributed by atoms with Crippen LogP contribution < -0.4 is 0 Å². The molecule has 1 aromatic heterocycles. The molecule has 1 heterocycles. The van der Waals surface area contributed by atoms with Crippen LogP contribution >= 0.6 is 0 Å². The van der Waals surface area contributed by atoms with Crippen LogP contribution in [0.3, 0.4) is 0 Å². The van der Waals surface area contributed by atoms with Crippen molar-refractivity contribution >= 4 is 16.9 Å². The lowest BCUT2D eigenvalue weighted by Gasteiger charge is -1.92. The molecule has 0 fully saturated rings. The molecule has 72 valence electrons. The van der Waals surface area contributed by atoms with Gasteiger partial charge in [-0.3, -0.25) is 9.48 Å². The molecular weight excluding hydrogens is 180 g/mol. The van der Waals surface area contributed by atoms with Gasteiger partial charge in [0.05, 0.1) is 5.52 Å². The van der Waals surface area contributed by atoms with E-state index in [1.54, 1.807) is 6.20 Å². The van der Waals surface area contributed by atoms with Crippen molar-refractivity contribution in [2.45, 2.75) is 13.5 Å². The van der Waals surface area contributed by atoms with Gasteiger partial charge in [0.15, 0.2) is 0 Å². The summed E-state index contributed by atoms with van der Waals surface area (Å²) in [5.74, 6) is -0.880. The fourth-order valence-corrected chi connectivity index (χ4v) is 1.40. The summed E-state index contributed by atoms with van der Waals surface area (Å²) in [6.45, 7) is 1.89. The van der Waals surface area contributed by atoms with Gasteiger partial charge in [0.2, 0.25) is 0 Å². The first-order valence-electron chi connectivity index (χ1n) is 4.31. The molecule has 0 amide bonds. The molecular formula is C10H10N2O2. The van der Waals surface area contributed by atoms with Gasteiger partial charge in [0.25, 0.3) is 0 Å². The summed E-state index contributed by atoms with van der Waals surface area (Å²) in [5.41, 5.74) is 1.96. The Labute approximate surface area is 80.8 Å². The smallest absolute Gasteiger partial charge is 0.325 e. The summed E-state index contributed by atoms with van der Waals surface area (Å²) in [7, 11) is 0. The number of fused-ring (bicyclic) bond motifs is 1. The van der Waals surface area contributed by atoms with E-state index in [0.29, 0.717) is 0 Å². The molecule has 0 aliphatic heterocycles. The van der Waals surface area contributed by atoms with Crippen LogP contribution in [-0.4, -0.2) is 20.9 Å². The van der Waals surface area contributed by atoms with E-state index in [0.717, 1.165) is 16.5 Å². The third-order valence-electron chi connectivity index (χ3n) is 2.01. The molecule has 0 aliphatic carbocycles. The second kappa shape index (κ2) is 3.14. The van der Waals surface area contributed by atoms with E-state index in [4.69, 9.17) is 5.11 Å². The van der Waals surface area contributed by atoms with Crippen molar-refractivity contribution in [3.63, 3.8) is 0 Å². The fraction of sp³-hybridized carbons (Fsp3) is 0.200.